The zero-order valence-corrected chi connectivity index (χ0v) is 12.0. The lowest BCUT2D eigenvalue weighted by molar-refractivity contribution is 0.245. The first-order valence-electron chi connectivity index (χ1n) is 6.57. The summed E-state index contributed by atoms with van der Waals surface area (Å²) in [4.78, 5) is 2.60. The fraction of sp³-hybridized carbons (Fsp3) is 0.538. The van der Waals surface area contributed by atoms with Gasteiger partial charge in [-0.05, 0) is 24.6 Å². The maximum atomic E-state index is 12.1. The van der Waals surface area contributed by atoms with Gasteiger partial charge in [-0.1, -0.05) is 12.1 Å². The van der Waals surface area contributed by atoms with E-state index in [0.29, 0.717) is 11.4 Å². The van der Waals surface area contributed by atoms with Gasteiger partial charge in [0.25, 0.3) is 0 Å². The number of nitrogens with one attached hydrogen (secondary N) is 2. The van der Waals surface area contributed by atoms with Crippen LogP contribution in [0.25, 0.3) is 0 Å². The summed E-state index contributed by atoms with van der Waals surface area (Å²) in [6.45, 7) is 7.01. The van der Waals surface area contributed by atoms with E-state index in [2.05, 4.69) is 14.9 Å². The third kappa shape index (κ3) is 4.28. The number of hydrogen-bond donors (Lipinski definition) is 2. The summed E-state index contributed by atoms with van der Waals surface area (Å²) in [7, 11) is -3.38. The highest BCUT2D eigenvalue weighted by atomic mass is 32.2. The van der Waals surface area contributed by atoms with Crippen LogP contribution in [-0.2, 0) is 10.0 Å². The number of benzene rings is 1. The van der Waals surface area contributed by atoms with Crippen LogP contribution in [0.4, 0.5) is 0 Å². The van der Waals surface area contributed by atoms with E-state index in [4.69, 9.17) is 0 Å². The Bertz CT molecular complexity index is 510. The van der Waals surface area contributed by atoms with Crippen molar-refractivity contribution in [3.8, 4) is 0 Å². The molecule has 19 heavy (non-hydrogen) atoms. The zero-order chi connectivity index (χ0) is 13.7. The third-order valence-electron chi connectivity index (χ3n) is 3.23. The van der Waals surface area contributed by atoms with Gasteiger partial charge in [-0.2, -0.15) is 0 Å². The lowest BCUT2D eigenvalue weighted by Gasteiger charge is -2.27. The van der Waals surface area contributed by atoms with Crippen LogP contribution in [0, 0.1) is 6.92 Å². The van der Waals surface area contributed by atoms with Crippen LogP contribution in [-0.4, -0.2) is 52.6 Å². The third-order valence-corrected chi connectivity index (χ3v) is 4.69. The lowest BCUT2D eigenvalue weighted by Crippen LogP contribution is -2.46. The van der Waals surface area contributed by atoms with Gasteiger partial charge in [-0.15, -0.1) is 0 Å². The van der Waals surface area contributed by atoms with E-state index in [0.717, 1.165) is 38.3 Å². The highest BCUT2D eigenvalue weighted by Gasteiger charge is 2.15. The summed E-state index contributed by atoms with van der Waals surface area (Å²) in [6, 6.07) is 6.97. The smallest absolute Gasteiger partial charge is 0.240 e. The summed E-state index contributed by atoms with van der Waals surface area (Å²) in [5.41, 5.74) is 0.949. The van der Waals surface area contributed by atoms with E-state index in [9.17, 15) is 8.42 Å². The normalized spacial score (nSPS) is 17.5. The Hall–Kier alpha value is -0.950. The van der Waals surface area contributed by atoms with Crippen LogP contribution >= 0.6 is 0 Å². The van der Waals surface area contributed by atoms with Crippen LogP contribution in [0.1, 0.15) is 5.56 Å². The van der Waals surface area contributed by atoms with E-state index >= 15 is 0 Å². The number of sulfonamides is 1. The molecule has 1 aromatic rings. The van der Waals surface area contributed by atoms with Gasteiger partial charge in [0.2, 0.25) is 10.0 Å². The number of piperazine rings is 1. The van der Waals surface area contributed by atoms with E-state index in [-0.39, 0.29) is 0 Å². The predicted molar refractivity (Wildman–Crippen MR) is 75.7 cm³/mol. The van der Waals surface area contributed by atoms with Gasteiger partial charge in [0.15, 0.2) is 0 Å². The van der Waals surface area contributed by atoms with Crippen molar-refractivity contribution in [2.45, 2.75) is 11.8 Å². The number of nitrogens with zero attached hydrogens (tertiary/aromatic N) is 1. The van der Waals surface area contributed by atoms with E-state index in [1.165, 1.54) is 0 Å². The summed E-state index contributed by atoms with van der Waals surface area (Å²) in [5, 5.41) is 3.27. The summed E-state index contributed by atoms with van der Waals surface area (Å²) in [6.07, 6.45) is 0. The topological polar surface area (TPSA) is 61.4 Å². The molecule has 1 aliphatic rings. The van der Waals surface area contributed by atoms with Gasteiger partial charge in [-0.3, -0.25) is 4.90 Å². The highest BCUT2D eigenvalue weighted by Crippen LogP contribution is 2.10. The summed E-state index contributed by atoms with van der Waals surface area (Å²) < 4.78 is 26.8. The molecule has 1 aromatic carbocycles. The van der Waals surface area contributed by atoms with Crippen molar-refractivity contribution in [1.82, 2.24) is 14.9 Å². The zero-order valence-electron chi connectivity index (χ0n) is 11.2. The first-order valence-corrected chi connectivity index (χ1v) is 8.06. The molecule has 0 unspecified atom stereocenters. The number of rotatable bonds is 5. The minimum atomic E-state index is -3.38. The van der Waals surface area contributed by atoms with Gasteiger partial charge in [0.1, 0.15) is 0 Å². The number of hydrogen-bond acceptors (Lipinski definition) is 4. The molecule has 0 aromatic heterocycles. The minimum Gasteiger partial charge on any atom is -0.314 e. The SMILES string of the molecule is Cc1cccc(S(=O)(=O)NCCN2CCNCC2)c1. The van der Waals surface area contributed by atoms with E-state index in [1.807, 2.05) is 13.0 Å². The molecule has 1 fully saturated rings. The molecule has 0 amide bonds. The Labute approximate surface area is 115 Å². The largest absolute Gasteiger partial charge is 0.314 e. The monoisotopic (exact) mass is 283 g/mol. The van der Waals surface area contributed by atoms with Gasteiger partial charge in [-0.25, -0.2) is 13.1 Å². The van der Waals surface area contributed by atoms with Gasteiger partial charge in [0, 0.05) is 39.3 Å². The van der Waals surface area contributed by atoms with Crippen molar-refractivity contribution in [2.75, 3.05) is 39.3 Å². The van der Waals surface area contributed by atoms with Crippen molar-refractivity contribution in [2.24, 2.45) is 0 Å². The Kier molecular flexibility index (Phi) is 4.93. The Balaban J connectivity index is 1.87. The summed E-state index contributed by atoms with van der Waals surface area (Å²) in [5.74, 6) is 0. The first-order chi connectivity index (χ1) is 9.08. The van der Waals surface area contributed by atoms with E-state index in [1.54, 1.807) is 18.2 Å². The van der Waals surface area contributed by atoms with Gasteiger partial charge < -0.3 is 5.32 Å². The molecule has 6 heteroatoms. The molecule has 0 spiro atoms. The second-order valence-electron chi connectivity index (χ2n) is 4.81. The first kappa shape index (κ1) is 14.5. The van der Waals surface area contributed by atoms with Gasteiger partial charge >= 0.3 is 0 Å². The molecule has 5 nitrogen and oxygen atoms in total. The Morgan fingerprint density at radius 1 is 1.32 bits per heavy atom. The maximum absolute atomic E-state index is 12.1. The average Bonchev–Trinajstić information content (AvgIpc) is 2.40. The molecule has 2 N–H and O–H groups in total. The Morgan fingerprint density at radius 3 is 2.74 bits per heavy atom. The Morgan fingerprint density at radius 2 is 2.05 bits per heavy atom. The quantitative estimate of drug-likeness (QED) is 0.809. The van der Waals surface area contributed by atoms with Gasteiger partial charge in [0.05, 0.1) is 4.90 Å². The molecule has 1 heterocycles. The van der Waals surface area contributed by atoms with Crippen molar-refractivity contribution in [1.29, 1.82) is 0 Å². The van der Waals surface area contributed by atoms with Crippen molar-refractivity contribution < 1.29 is 8.42 Å². The van der Waals surface area contributed by atoms with Crippen molar-refractivity contribution in [3.63, 3.8) is 0 Å². The molecule has 0 bridgehead atoms. The van der Waals surface area contributed by atoms with Crippen molar-refractivity contribution in [3.05, 3.63) is 29.8 Å². The number of aryl methyl sites for hydroxylation is 1. The minimum absolute atomic E-state index is 0.341. The molecule has 0 saturated carbocycles. The highest BCUT2D eigenvalue weighted by molar-refractivity contribution is 7.89. The van der Waals surface area contributed by atoms with Crippen LogP contribution < -0.4 is 10.0 Å². The maximum Gasteiger partial charge on any atom is 0.240 e. The van der Waals surface area contributed by atoms with E-state index < -0.39 is 10.0 Å². The molecule has 1 saturated heterocycles. The average molecular weight is 283 g/mol. The van der Waals surface area contributed by atoms with Crippen LogP contribution in [0.15, 0.2) is 29.2 Å². The van der Waals surface area contributed by atoms with Crippen LogP contribution in [0.2, 0.25) is 0 Å². The molecule has 106 valence electrons. The molecule has 0 atom stereocenters. The molecule has 1 aliphatic heterocycles. The molecule has 0 radical (unpaired) electrons. The predicted octanol–water partition coefficient (Wildman–Crippen LogP) is 0.179. The lowest BCUT2D eigenvalue weighted by atomic mass is 10.2. The molecular formula is C13H21N3O2S. The molecule has 0 aliphatic carbocycles. The molecule has 2 rings (SSSR count). The van der Waals surface area contributed by atoms with Crippen LogP contribution in [0.3, 0.4) is 0 Å². The second-order valence-corrected chi connectivity index (χ2v) is 6.57. The second kappa shape index (κ2) is 6.47. The molecular weight excluding hydrogens is 262 g/mol. The fourth-order valence-electron chi connectivity index (χ4n) is 2.14. The summed E-state index contributed by atoms with van der Waals surface area (Å²) >= 11 is 0. The fourth-order valence-corrected chi connectivity index (χ4v) is 3.26. The van der Waals surface area contributed by atoms with Crippen molar-refractivity contribution >= 4 is 10.0 Å². The van der Waals surface area contributed by atoms with Crippen LogP contribution in [0.5, 0.6) is 0 Å². The standard InChI is InChI=1S/C13H21N3O2S/c1-12-3-2-4-13(11-12)19(17,18)15-7-10-16-8-5-14-6-9-16/h2-4,11,14-15H,5-10H2,1H3.